The molecule has 0 bridgehead atoms. The van der Waals surface area contributed by atoms with E-state index in [0.29, 0.717) is 5.92 Å². The van der Waals surface area contributed by atoms with Gasteiger partial charge in [-0.15, -0.1) is 0 Å². The first-order chi connectivity index (χ1) is 7.42. The SMILES string of the molecule is CC(/C=C(\O[SiH](C)C)O[Si](C)(C)C)C(C)(C)C. The summed E-state index contributed by atoms with van der Waals surface area (Å²) >= 11 is 0. The van der Waals surface area contributed by atoms with Crippen LogP contribution < -0.4 is 0 Å². The van der Waals surface area contributed by atoms with E-state index in [9.17, 15) is 0 Å². The zero-order valence-corrected chi connectivity index (χ0v) is 15.2. The summed E-state index contributed by atoms with van der Waals surface area (Å²) in [6, 6.07) is 0. The van der Waals surface area contributed by atoms with E-state index < -0.39 is 17.4 Å². The highest BCUT2D eigenvalue weighted by Gasteiger charge is 2.23. The van der Waals surface area contributed by atoms with Crippen LogP contribution in [0.5, 0.6) is 0 Å². The van der Waals surface area contributed by atoms with E-state index in [1.165, 1.54) is 0 Å². The van der Waals surface area contributed by atoms with Gasteiger partial charge in [-0.3, -0.25) is 0 Å². The fraction of sp³-hybridized carbons (Fsp3) is 0.846. The van der Waals surface area contributed by atoms with Crippen molar-refractivity contribution in [3.05, 3.63) is 12.0 Å². The van der Waals surface area contributed by atoms with Crippen molar-refractivity contribution < 1.29 is 8.85 Å². The molecule has 2 nitrogen and oxygen atoms in total. The van der Waals surface area contributed by atoms with E-state index in [-0.39, 0.29) is 5.41 Å². The second kappa shape index (κ2) is 6.09. The molecule has 0 radical (unpaired) electrons. The third-order valence-electron chi connectivity index (χ3n) is 2.51. The van der Waals surface area contributed by atoms with Crippen LogP contribution in [-0.4, -0.2) is 17.4 Å². The van der Waals surface area contributed by atoms with Crippen molar-refractivity contribution in [3.8, 4) is 0 Å². The fourth-order valence-corrected chi connectivity index (χ4v) is 2.49. The Morgan fingerprint density at radius 3 is 1.94 bits per heavy atom. The zero-order valence-electron chi connectivity index (χ0n) is 13.0. The molecule has 0 aliphatic rings. The van der Waals surface area contributed by atoms with Crippen LogP contribution in [0.2, 0.25) is 32.7 Å². The zero-order chi connectivity index (χ0) is 13.9. The maximum Gasteiger partial charge on any atom is 0.247 e. The molecule has 0 N–H and O–H groups in total. The Hall–Kier alpha value is -0.226. The monoisotopic (exact) mass is 274 g/mol. The average molecular weight is 275 g/mol. The highest BCUT2D eigenvalue weighted by atomic mass is 28.4. The second-order valence-corrected chi connectivity index (χ2v) is 13.8. The van der Waals surface area contributed by atoms with E-state index in [4.69, 9.17) is 8.85 Å². The van der Waals surface area contributed by atoms with Crippen LogP contribution in [0.3, 0.4) is 0 Å². The largest absolute Gasteiger partial charge is 0.523 e. The maximum absolute atomic E-state index is 6.03. The van der Waals surface area contributed by atoms with E-state index in [2.05, 4.69) is 66.5 Å². The van der Waals surface area contributed by atoms with Crippen LogP contribution in [0.25, 0.3) is 0 Å². The smallest absolute Gasteiger partial charge is 0.247 e. The lowest BCUT2D eigenvalue weighted by Gasteiger charge is -2.28. The lowest BCUT2D eigenvalue weighted by atomic mass is 9.82. The molecule has 1 atom stereocenters. The Balaban J connectivity index is 4.85. The summed E-state index contributed by atoms with van der Waals surface area (Å²) < 4.78 is 11.9. The van der Waals surface area contributed by atoms with Crippen molar-refractivity contribution >= 4 is 17.4 Å². The third-order valence-corrected chi connectivity index (χ3v) is 4.03. The Morgan fingerprint density at radius 1 is 1.18 bits per heavy atom. The van der Waals surface area contributed by atoms with Gasteiger partial charge in [-0.25, -0.2) is 0 Å². The summed E-state index contributed by atoms with van der Waals surface area (Å²) in [5, 5.41) is 0. The number of hydrogen-bond donors (Lipinski definition) is 0. The summed E-state index contributed by atoms with van der Waals surface area (Å²) in [4.78, 5) is 0. The molecule has 0 aliphatic carbocycles. The van der Waals surface area contributed by atoms with Crippen molar-refractivity contribution in [2.45, 2.75) is 60.4 Å². The molecule has 0 aliphatic heterocycles. The minimum absolute atomic E-state index is 0.246. The molecule has 0 saturated heterocycles. The van der Waals surface area contributed by atoms with E-state index in [0.717, 1.165) is 5.95 Å². The molecule has 0 aromatic carbocycles. The average Bonchev–Trinajstić information content (AvgIpc) is 1.96. The molecule has 102 valence electrons. The highest BCUT2D eigenvalue weighted by Crippen LogP contribution is 2.28. The lowest BCUT2D eigenvalue weighted by Crippen LogP contribution is -2.28. The van der Waals surface area contributed by atoms with Crippen LogP contribution in [-0.2, 0) is 8.85 Å². The predicted molar refractivity (Wildman–Crippen MR) is 81.1 cm³/mol. The molecule has 0 spiro atoms. The topological polar surface area (TPSA) is 18.5 Å². The number of rotatable bonds is 5. The molecule has 0 fully saturated rings. The number of hydrogen-bond acceptors (Lipinski definition) is 2. The van der Waals surface area contributed by atoms with Crippen molar-refractivity contribution in [1.29, 1.82) is 0 Å². The summed E-state index contributed by atoms with van der Waals surface area (Å²) in [5.41, 5.74) is 0.246. The Bertz CT molecular complexity index is 260. The van der Waals surface area contributed by atoms with Gasteiger partial charge in [0.25, 0.3) is 0 Å². The second-order valence-electron chi connectivity index (χ2n) is 7.02. The summed E-state index contributed by atoms with van der Waals surface area (Å²) in [5.74, 6) is 1.22. The molecular formula is C13H30O2Si2. The molecule has 0 aromatic heterocycles. The van der Waals surface area contributed by atoms with E-state index in [1.807, 2.05) is 0 Å². The van der Waals surface area contributed by atoms with Gasteiger partial charge in [-0.1, -0.05) is 27.7 Å². The Labute approximate surface area is 110 Å². The first-order valence-corrected chi connectivity index (χ1v) is 12.7. The molecule has 0 amide bonds. The predicted octanol–water partition coefficient (Wildman–Crippen LogP) is 4.36. The molecule has 0 saturated carbocycles. The lowest BCUT2D eigenvalue weighted by molar-refractivity contribution is 0.208. The standard InChI is InChI=1S/C13H30O2Si2/c1-11(13(2,3)4)10-12(14-16(5)6)15-17(7,8)9/h10-11,16H,1-9H3/b12-10+. The van der Waals surface area contributed by atoms with Crippen molar-refractivity contribution in [1.82, 2.24) is 0 Å². The van der Waals surface area contributed by atoms with Crippen molar-refractivity contribution in [2.75, 3.05) is 0 Å². The summed E-state index contributed by atoms with van der Waals surface area (Å²) in [6.07, 6.45) is 2.16. The van der Waals surface area contributed by atoms with E-state index >= 15 is 0 Å². The van der Waals surface area contributed by atoms with Gasteiger partial charge >= 0.3 is 0 Å². The molecule has 4 heteroatoms. The van der Waals surface area contributed by atoms with Crippen LogP contribution in [0.1, 0.15) is 27.7 Å². The van der Waals surface area contributed by atoms with Gasteiger partial charge < -0.3 is 8.85 Å². The van der Waals surface area contributed by atoms with Gasteiger partial charge in [0, 0.05) is 0 Å². The number of allylic oxidation sites excluding steroid dienone is 1. The minimum Gasteiger partial charge on any atom is -0.523 e. The maximum atomic E-state index is 6.03. The van der Waals surface area contributed by atoms with Crippen LogP contribution >= 0.6 is 0 Å². The van der Waals surface area contributed by atoms with Crippen LogP contribution in [0, 0.1) is 11.3 Å². The molecular weight excluding hydrogens is 244 g/mol. The fourth-order valence-electron chi connectivity index (χ4n) is 1.09. The van der Waals surface area contributed by atoms with Gasteiger partial charge in [-0.2, -0.15) is 0 Å². The molecule has 17 heavy (non-hydrogen) atoms. The Morgan fingerprint density at radius 2 is 1.65 bits per heavy atom. The van der Waals surface area contributed by atoms with Crippen molar-refractivity contribution in [3.63, 3.8) is 0 Å². The quantitative estimate of drug-likeness (QED) is 0.548. The van der Waals surface area contributed by atoms with Gasteiger partial charge in [0.15, 0.2) is 0 Å². The van der Waals surface area contributed by atoms with E-state index in [1.54, 1.807) is 0 Å². The van der Waals surface area contributed by atoms with Gasteiger partial charge in [0.05, 0.1) is 0 Å². The van der Waals surface area contributed by atoms with Crippen LogP contribution in [0.15, 0.2) is 12.0 Å². The molecule has 0 rings (SSSR count). The van der Waals surface area contributed by atoms with Gasteiger partial charge in [0.1, 0.15) is 0 Å². The highest BCUT2D eigenvalue weighted by molar-refractivity contribution is 6.70. The summed E-state index contributed by atoms with van der Waals surface area (Å²) in [7, 11) is -2.69. The molecule has 1 unspecified atom stereocenters. The molecule has 0 heterocycles. The minimum atomic E-state index is -1.58. The molecule has 0 aromatic rings. The van der Waals surface area contributed by atoms with Gasteiger partial charge in [0.2, 0.25) is 23.3 Å². The first kappa shape index (κ1) is 16.8. The first-order valence-electron chi connectivity index (χ1n) is 6.49. The van der Waals surface area contributed by atoms with Crippen LogP contribution in [0.4, 0.5) is 0 Å². The Kier molecular flexibility index (Phi) is 6.01. The normalized spacial score (nSPS) is 16.0. The van der Waals surface area contributed by atoms with Crippen molar-refractivity contribution in [2.24, 2.45) is 11.3 Å². The van der Waals surface area contributed by atoms with Gasteiger partial charge in [-0.05, 0) is 50.1 Å². The summed E-state index contributed by atoms with van der Waals surface area (Å²) in [6.45, 7) is 19.9. The third kappa shape index (κ3) is 8.49.